The Morgan fingerprint density at radius 2 is 1.25 bits per heavy atom. The lowest BCUT2D eigenvalue weighted by Gasteiger charge is -2.30. The summed E-state index contributed by atoms with van der Waals surface area (Å²) in [5.41, 5.74) is 0. The summed E-state index contributed by atoms with van der Waals surface area (Å²) in [6, 6.07) is 0. The van der Waals surface area contributed by atoms with Crippen molar-refractivity contribution in [3.63, 3.8) is 0 Å². The molecule has 0 fully saturated rings. The van der Waals surface area contributed by atoms with Crippen LogP contribution in [0.5, 0.6) is 0 Å². The van der Waals surface area contributed by atoms with E-state index >= 15 is 0 Å². The Hall–Kier alpha value is -0.880. The van der Waals surface area contributed by atoms with Crippen LogP contribution in [0.15, 0.2) is 0 Å². The molecule has 0 saturated carbocycles. The lowest BCUT2D eigenvalue weighted by Crippen LogP contribution is -2.34. The molecule has 0 heterocycles. The van der Waals surface area contributed by atoms with Crippen LogP contribution in [0.4, 0.5) is 0 Å². The minimum atomic E-state index is -3.13. The molecule has 7 nitrogen and oxygen atoms in total. The van der Waals surface area contributed by atoms with E-state index in [0.29, 0.717) is 0 Å². The minimum Gasteiger partial charge on any atom is -0.465 e. The molecule has 0 aliphatic heterocycles. The second-order valence-electron chi connectivity index (χ2n) is 4.42. The second kappa shape index (κ2) is 8.42. The summed E-state index contributed by atoms with van der Waals surface area (Å²) in [6.07, 6.45) is -0.530. The average Bonchev–Trinajstić information content (AvgIpc) is 2.36. The molecule has 0 aliphatic rings. The van der Waals surface area contributed by atoms with Gasteiger partial charge in [-0.1, -0.05) is 0 Å². The molecule has 0 atom stereocenters. The topological polar surface area (TPSA) is 83.1 Å². The monoisotopic (exact) mass is 309 g/mol. The van der Waals surface area contributed by atoms with Crippen LogP contribution in [0.25, 0.3) is 0 Å². The number of hydrogen-bond donors (Lipinski definition) is 1. The van der Waals surface area contributed by atoms with E-state index < -0.39 is 19.4 Å². The molecule has 0 unspecified atom stereocenters. The van der Waals surface area contributed by atoms with Gasteiger partial charge in [0.15, 0.2) is 0 Å². The van der Waals surface area contributed by atoms with Gasteiger partial charge in [0, 0.05) is 0 Å². The third kappa shape index (κ3) is 4.90. The van der Waals surface area contributed by atoms with E-state index in [-0.39, 0.29) is 17.5 Å². The van der Waals surface area contributed by atoms with Crippen molar-refractivity contribution in [2.75, 3.05) is 21.3 Å². The van der Waals surface area contributed by atoms with Crippen LogP contribution >= 0.6 is 7.49 Å². The van der Waals surface area contributed by atoms with Crippen LogP contribution in [-0.4, -0.2) is 50.7 Å². The molecule has 20 heavy (non-hydrogen) atoms. The number of carbonyl (C=O) groups excluding carboxylic acids is 2. The maximum absolute atomic E-state index is 11.9. The van der Waals surface area contributed by atoms with E-state index in [9.17, 15) is 9.59 Å². The molecule has 1 N–H and O–H groups in total. The van der Waals surface area contributed by atoms with E-state index in [2.05, 4.69) is 14.6 Å². The Morgan fingerprint density at radius 1 is 0.900 bits per heavy atom. The molecule has 0 amide bonds. The highest BCUT2D eigenvalue weighted by Crippen LogP contribution is 2.49. The molecule has 0 bridgehead atoms. The van der Waals surface area contributed by atoms with Crippen molar-refractivity contribution >= 4 is 24.7 Å². The van der Waals surface area contributed by atoms with E-state index in [0.717, 1.165) is 0 Å². The highest BCUT2D eigenvalue weighted by atomic mass is 31.2. The largest absolute Gasteiger partial charge is 0.465 e. The van der Waals surface area contributed by atoms with Crippen molar-refractivity contribution in [3.8, 4) is 0 Å². The number of methoxy groups -OCH3 is 2. The SMILES string of the molecule is CNP(OC(C)C)(OC(C)C)=C(C(=O)OC)C(=O)OC. The summed E-state index contributed by atoms with van der Waals surface area (Å²) >= 11 is 0. The van der Waals surface area contributed by atoms with Crippen LogP contribution in [-0.2, 0) is 28.1 Å². The van der Waals surface area contributed by atoms with Crippen molar-refractivity contribution in [2.24, 2.45) is 0 Å². The summed E-state index contributed by atoms with van der Waals surface area (Å²) in [7, 11) is 0.795. The lowest BCUT2D eigenvalue weighted by molar-refractivity contribution is -0.137. The third-order valence-corrected chi connectivity index (χ3v) is 5.04. The second-order valence-corrected chi connectivity index (χ2v) is 6.83. The molecule has 0 rings (SSSR count). The number of ether oxygens (including phenoxy) is 2. The van der Waals surface area contributed by atoms with E-state index in [4.69, 9.17) is 9.05 Å². The number of carbonyl (C=O) groups is 2. The van der Waals surface area contributed by atoms with Crippen molar-refractivity contribution in [2.45, 2.75) is 39.9 Å². The van der Waals surface area contributed by atoms with Gasteiger partial charge < -0.3 is 18.5 Å². The summed E-state index contributed by atoms with van der Waals surface area (Å²) < 4.78 is 20.8. The minimum absolute atomic E-state index is 0.265. The van der Waals surface area contributed by atoms with Gasteiger partial charge in [0.05, 0.1) is 26.4 Å². The number of hydrogen-bond acceptors (Lipinski definition) is 7. The highest BCUT2D eigenvalue weighted by molar-refractivity contribution is 7.69. The van der Waals surface area contributed by atoms with Crippen LogP contribution in [0.3, 0.4) is 0 Å². The number of esters is 2. The molecule has 0 saturated heterocycles. The van der Waals surface area contributed by atoms with Crippen molar-refractivity contribution in [1.29, 1.82) is 0 Å². The number of nitrogens with one attached hydrogen (secondary N) is 1. The molecule has 0 radical (unpaired) electrons. The first-order chi connectivity index (χ1) is 9.23. The van der Waals surface area contributed by atoms with Gasteiger partial charge in [-0.15, -0.1) is 0 Å². The molecule has 0 aliphatic carbocycles. The van der Waals surface area contributed by atoms with Gasteiger partial charge in [-0.2, -0.15) is 0 Å². The van der Waals surface area contributed by atoms with Crippen LogP contribution in [0.2, 0.25) is 0 Å². The predicted octanol–water partition coefficient (Wildman–Crippen LogP) is 1.34. The Balaban J connectivity index is 6.21. The Morgan fingerprint density at radius 3 is 1.45 bits per heavy atom. The van der Waals surface area contributed by atoms with Gasteiger partial charge in [-0.05, 0) is 34.7 Å². The molecule has 8 heteroatoms. The van der Waals surface area contributed by atoms with Gasteiger partial charge >= 0.3 is 11.9 Å². The maximum atomic E-state index is 11.9. The first kappa shape index (κ1) is 19.1. The van der Waals surface area contributed by atoms with Crippen LogP contribution in [0.1, 0.15) is 27.7 Å². The molecule has 0 spiro atoms. The summed E-state index contributed by atoms with van der Waals surface area (Å²) in [4.78, 5) is 23.9. The van der Waals surface area contributed by atoms with Gasteiger partial charge in [0.2, 0.25) is 12.8 Å². The smallest absolute Gasteiger partial charge is 0.351 e. The van der Waals surface area contributed by atoms with E-state index in [1.807, 2.05) is 0 Å². The fourth-order valence-corrected chi connectivity index (χ4v) is 4.00. The Labute approximate surface area is 120 Å². The zero-order valence-electron chi connectivity index (χ0n) is 13.1. The van der Waals surface area contributed by atoms with Gasteiger partial charge in [0.1, 0.15) is 0 Å². The van der Waals surface area contributed by atoms with E-state index in [1.54, 1.807) is 34.7 Å². The van der Waals surface area contributed by atoms with Crippen LogP contribution in [0, 0.1) is 0 Å². The fourth-order valence-electron chi connectivity index (χ4n) is 1.46. The number of rotatable bonds is 7. The van der Waals surface area contributed by atoms with Crippen molar-refractivity contribution in [3.05, 3.63) is 0 Å². The fraction of sp³-hybridized carbons (Fsp3) is 0.750. The van der Waals surface area contributed by atoms with Crippen molar-refractivity contribution < 1.29 is 28.1 Å². The Kier molecular flexibility index (Phi) is 8.05. The standard InChI is InChI=1S/C12H24NO6P/c1-8(2)18-20(13-5,19-9(3)4)10(11(14)16-6)12(15)17-7/h8-9,13H,1-7H3. The quantitative estimate of drug-likeness (QED) is 0.431. The average molecular weight is 309 g/mol. The Bertz CT molecular complexity index is 373. The van der Waals surface area contributed by atoms with Crippen LogP contribution < -0.4 is 5.09 Å². The van der Waals surface area contributed by atoms with Crippen molar-refractivity contribution in [1.82, 2.24) is 5.09 Å². The zero-order valence-corrected chi connectivity index (χ0v) is 13.9. The summed E-state index contributed by atoms with van der Waals surface area (Å²) in [5.74, 6) is -1.67. The molecule has 118 valence electrons. The molecule has 0 aromatic heterocycles. The highest BCUT2D eigenvalue weighted by Gasteiger charge is 2.37. The first-order valence-electron chi connectivity index (χ1n) is 6.23. The third-order valence-electron chi connectivity index (χ3n) is 2.06. The first-order valence-corrected chi connectivity index (χ1v) is 7.85. The molecule has 0 aromatic carbocycles. The summed E-state index contributed by atoms with van der Waals surface area (Å²) in [6.45, 7) is 7.12. The van der Waals surface area contributed by atoms with Gasteiger partial charge in [-0.3, -0.25) is 5.09 Å². The van der Waals surface area contributed by atoms with Gasteiger partial charge in [-0.25, -0.2) is 9.59 Å². The predicted molar refractivity (Wildman–Crippen MR) is 77.5 cm³/mol. The van der Waals surface area contributed by atoms with Gasteiger partial charge in [0.25, 0.3) is 0 Å². The molecular formula is C12H24NO6P. The maximum Gasteiger partial charge on any atom is 0.351 e. The van der Waals surface area contributed by atoms with E-state index in [1.165, 1.54) is 14.2 Å². The summed E-state index contributed by atoms with van der Waals surface area (Å²) in [5, 5.41) is 2.55. The zero-order chi connectivity index (χ0) is 15.9. The lowest BCUT2D eigenvalue weighted by atomic mass is 10.4. The normalized spacial score (nSPS) is 11.7. The molecular weight excluding hydrogens is 285 g/mol. The molecule has 0 aromatic rings.